The summed E-state index contributed by atoms with van der Waals surface area (Å²) < 4.78 is 5.36. The van der Waals surface area contributed by atoms with Gasteiger partial charge in [-0.3, -0.25) is 10.1 Å². The maximum Gasteiger partial charge on any atom is 0.257 e. The molecule has 0 bridgehead atoms. The van der Waals surface area contributed by atoms with Crippen molar-refractivity contribution in [1.29, 1.82) is 0 Å². The number of aryl methyl sites for hydroxylation is 1. The van der Waals surface area contributed by atoms with Crippen LogP contribution in [0.25, 0.3) is 11.1 Å². The first-order chi connectivity index (χ1) is 8.72. The Hall–Kier alpha value is -2.21. The number of oxazole rings is 1. The van der Waals surface area contributed by atoms with Crippen LogP contribution in [0, 0.1) is 6.92 Å². The minimum Gasteiger partial charge on any atom is -0.441 e. The number of rotatable bonds is 2. The first-order valence-electron chi connectivity index (χ1n) is 5.30. The Morgan fingerprint density at radius 3 is 3.11 bits per heavy atom. The van der Waals surface area contributed by atoms with Crippen LogP contribution in [0.5, 0.6) is 0 Å². The number of thiazole rings is 1. The summed E-state index contributed by atoms with van der Waals surface area (Å²) in [5.41, 5.74) is 1.89. The Balaban J connectivity index is 1.91. The van der Waals surface area contributed by atoms with E-state index in [1.54, 1.807) is 36.7 Å². The zero-order valence-electron chi connectivity index (χ0n) is 9.51. The van der Waals surface area contributed by atoms with Crippen LogP contribution < -0.4 is 5.32 Å². The molecule has 5 nitrogen and oxygen atoms in total. The predicted octanol–water partition coefficient (Wildman–Crippen LogP) is 2.85. The van der Waals surface area contributed by atoms with Crippen molar-refractivity contribution in [2.45, 2.75) is 6.92 Å². The summed E-state index contributed by atoms with van der Waals surface area (Å²) in [6.07, 6.45) is 1.64. The van der Waals surface area contributed by atoms with Gasteiger partial charge in [0.1, 0.15) is 5.52 Å². The Kier molecular flexibility index (Phi) is 2.56. The zero-order valence-corrected chi connectivity index (χ0v) is 10.3. The van der Waals surface area contributed by atoms with Gasteiger partial charge in [0.2, 0.25) is 0 Å². The molecule has 0 aliphatic rings. The lowest BCUT2D eigenvalue weighted by molar-refractivity contribution is 0.102. The highest BCUT2D eigenvalue weighted by molar-refractivity contribution is 7.13. The van der Waals surface area contributed by atoms with Gasteiger partial charge >= 0.3 is 0 Å². The second-order valence-electron chi connectivity index (χ2n) is 3.71. The number of nitrogens with one attached hydrogen (secondary N) is 1. The number of fused-ring (bicyclic) bond motifs is 1. The standard InChI is InChI=1S/C12H9N3O2S/c1-7-14-9-6-8(2-3-10(9)17-7)11(16)15-12-13-4-5-18-12/h2-6H,1H3,(H,13,15,16). The molecule has 3 aromatic rings. The predicted molar refractivity (Wildman–Crippen MR) is 68.8 cm³/mol. The van der Waals surface area contributed by atoms with Crippen molar-refractivity contribution in [2.75, 3.05) is 5.32 Å². The maximum absolute atomic E-state index is 12.0. The Labute approximate surface area is 106 Å². The van der Waals surface area contributed by atoms with Gasteiger partial charge in [0, 0.05) is 24.1 Å². The second-order valence-corrected chi connectivity index (χ2v) is 4.60. The number of aromatic nitrogens is 2. The summed E-state index contributed by atoms with van der Waals surface area (Å²) in [7, 11) is 0. The molecule has 0 saturated carbocycles. The average Bonchev–Trinajstić information content (AvgIpc) is 2.95. The van der Waals surface area contributed by atoms with Crippen LogP contribution in [-0.2, 0) is 0 Å². The van der Waals surface area contributed by atoms with Crippen LogP contribution in [0.15, 0.2) is 34.2 Å². The lowest BCUT2D eigenvalue weighted by Crippen LogP contribution is -2.11. The van der Waals surface area contributed by atoms with E-state index in [1.807, 2.05) is 0 Å². The molecule has 0 radical (unpaired) electrons. The molecule has 0 aliphatic heterocycles. The smallest absolute Gasteiger partial charge is 0.257 e. The van der Waals surface area contributed by atoms with Crippen molar-refractivity contribution in [3.63, 3.8) is 0 Å². The monoisotopic (exact) mass is 259 g/mol. The van der Waals surface area contributed by atoms with Gasteiger partial charge in [-0.2, -0.15) is 0 Å². The molecule has 1 N–H and O–H groups in total. The van der Waals surface area contributed by atoms with E-state index < -0.39 is 0 Å². The van der Waals surface area contributed by atoms with Crippen LogP contribution in [0.2, 0.25) is 0 Å². The molecule has 2 aromatic heterocycles. The van der Waals surface area contributed by atoms with Crippen molar-refractivity contribution in [3.8, 4) is 0 Å². The molecule has 2 heterocycles. The van der Waals surface area contributed by atoms with Crippen molar-refractivity contribution < 1.29 is 9.21 Å². The van der Waals surface area contributed by atoms with Crippen molar-refractivity contribution in [1.82, 2.24) is 9.97 Å². The molecule has 0 fully saturated rings. The molecule has 0 saturated heterocycles. The van der Waals surface area contributed by atoms with Crippen molar-refractivity contribution >= 4 is 33.5 Å². The zero-order chi connectivity index (χ0) is 12.5. The molecule has 6 heteroatoms. The molecule has 0 unspecified atom stereocenters. The van der Waals surface area contributed by atoms with Crippen LogP contribution in [-0.4, -0.2) is 15.9 Å². The highest BCUT2D eigenvalue weighted by Gasteiger charge is 2.10. The molecular weight excluding hydrogens is 250 g/mol. The van der Waals surface area contributed by atoms with E-state index in [1.165, 1.54) is 11.3 Å². The highest BCUT2D eigenvalue weighted by Crippen LogP contribution is 2.18. The molecule has 18 heavy (non-hydrogen) atoms. The molecular formula is C12H9N3O2S. The van der Waals surface area contributed by atoms with Gasteiger partial charge < -0.3 is 4.42 Å². The van der Waals surface area contributed by atoms with Crippen LogP contribution in [0.1, 0.15) is 16.2 Å². The van der Waals surface area contributed by atoms with Gasteiger partial charge in [-0.25, -0.2) is 9.97 Å². The second kappa shape index (κ2) is 4.23. The summed E-state index contributed by atoms with van der Waals surface area (Å²) in [5.74, 6) is 0.384. The molecule has 90 valence electrons. The number of anilines is 1. The van der Waals surface area contributed by atoms with Gasteiger partial charge in [-0.05, 0) is 18.2 Å². The Morgan fingerprint density at radius 2 is 2.33 bits per heavy atom. The van der Waals surface area contributed by atoms with E-state index in [4.69, 9.17) is 4.42 Å². The number of amides is 1. The molecule has 0 aliphatic carbocycles. The number of benzene rings is 1. The summed E-state index contributed by atoms with van der Waals surface area (Å²) in [4.78, 5) is 20.2. The van der Waals surface area contributed by atoms with Gasteiger partial charge in [0.15, 0.2) is 16.6 Å². The first-order valence-corrected chi connectivity index (χ1v) is 6.18. The maximum atomic E-state index is 12.0. The number of carbonyl (C=O) groups is 1. The summed E-state index contributed by atoms with van der Waals surface area (Å²) in [5, 5.41) is 5.11. The third-order valence-corrected chi connectivity index (χ3v) is 3.10. The number of hydrogen-bond acceptors (Lipinski definition) is 5. The third kappa shape index (κ3) is 1.98. The topological polar surface area (TPSA) is 68.0 Å². The van der Waals surface area contributed by atoms with Gasteiger partial charge in [-0.1, -0.05) is 0 Å². The van der Waals surface area contributed by atoms with Crippen LogP contribution >= 0.6 is 11.3 Å². The van der Waals surface area contributed by atoms with E-state index in [-0.39, 0.29) is 5.91 Å². The first kappa shape index (κ1) is 10.9. The molecule has 0 spiro atoms. The SMILES string of the molecule is Cc1nc2cc(C(=O)Nc3nccs3)ccc2o1. The third-order valence-electron chi connectivity index (χ3n) is 2.41. The lowest BCUT2D eigenvalue weighted by atomic mass is 10.2. The quantitative estimate of drug-likeness (QED) is 0.768. The fraction of sp³-hybridized carbons (Fsp3) is 0.0833. The number of carbonyl (C=O) groups excluding carboxylic acids is 1. The van der Waals surface area contributed by atoms with Crippen molar-refractivity contribution in [3.05, 3.63) is 41.2 Å². The fourth-order valence-corrected chi connectivity index (χ4v) is 2.16. The summed E-state index contributed by atoms with van der Waals surface area (Å²) in [6, 6.07) is 5.15. The molecule has 3 rings (SSSR count). The van der Waals surface area contributed by atoms with Crippen molar-refractivity contribution in [2.24, 2.45) is 0 Å². The van der Waals surface area contributed by atoms with Crippen LogP contribution in [0.3, 0.4) is 0 Å². The summed E-state index contributed by atoms with van der Waals surface area (Å²) in [6.45, 7) is 1.77. The number of hydrogen-bond donors (Lipinski definition) is 1. The van der Waals surface area contributed by atoms with E-state index in [0.717, 1.165) is 0 Å². The molecule has 1 amide bonds. The average molecular weight is 259 g/mol. The minimum atomic E-state index is -0.201. The minimum absolute atomic E-state index is 0.201. The van der Waals surface area contributed by atoms with Gasteiger partial charge in [0.05, 0.1) is 0 Å². The van der Waals surface area contributed by atoms with E-state index in [0.29, 0.717) is 27.7 Å². The highest BCUT2D eigenvalue weighted by atomic mass is 32.1. The van der Waals surface area contributed by atoms with Crippen LogP contribution in [0.4, 0.5) is 5.13 Å². The van der Waals surface area contributed by atoms with E-state index in [2.05, 4.69) is 15.3 Å². The number of nitrogens with zero attached hydrogens (tertiary/aromatic N) is 2. The van der Waals surface area contributed by atoms with E-state index >= 15 is 0 Å². The Morgan fingerprint density at radius 1 is 1.44 bits per heavy atom. The molecule has 0 atom stereocenters. The fourth-order valence-electron chi connectivity index (χ4n) is 1.64. The van der Waals surface area contributed by atoms with Gasteiger partial charge in [-0.15, -0.1) is 11.3 Å². The molecule has 1 aromatic carbocycles. The van der Waals surface area contributed by atoms with E-state index in [9.17, 15) is 4.79 Å². The lowest BCUT2D eigenvalue weighted by Gasteiger charge is -2.00. The normalized spacial score (nSPS) is 10.7. The van der Waals surface area contributed by atoms with Gasteiger partial charge in [0.25, 0.3) is 5.91 Å². The Bertz CT molecular complexity index is 703. The largest absolute Gasteiger partial charge is 0.441 e. The summed E-state index contributed by atoms with van der Waals surface area (Å²) >= 11 is 1.38.